The predicted molar refractivity (Wildman–Crippen MR) is 65.9 cm³/mol. The second kappa shape index (κ2) is 4.87. The van der Waals surface area contributed by atoms with Crippen molar-refractivity contribution in [3.8, 4) is 0 Å². The summed E-state index contributed by atoms with van der Waals surface area (Å²) >= 11 is 0. The molecule has 5 heteroatoms. The maximum atomic E-state index is 12.1. The van der Waals surface area contributed by atoms with Crippen molar-refractivity contribution in [1.29, 1.82) is 0 Å². The van der Waals surface area contributed by atoms with Crippen LogP contribution in [0.3, 0.4) is 0 Å². The van der Waals surface area contributed by atoms with Gasteiger partial charge < -0.3 is 14.8 Å². The third-order valence-electron chi connectivity index (χ3n) is 3.13. The second-order valence-corrected chi connectivity index (χ2v) is 5.05. The average molecular weight is 236 g/mol. The Morgan fingerprint density at radius 3 is 3.00 bits per heavy atom. The number of H-pyrrole nitrogens is 1. The summed E-state index contributed by atoms with van der Waals surface area (Å²) in [6.07, 6.45) is 2.72. The first kappa shape index (κ1) is 12.1. The summed E-state index contributed by atoms with van der Waals surface area (Å²) in [4.78, 5) is 23.3. The number of nitrogens with zero attached hydrogens (tertiary/aromatic N) is 3. The Labute approximate surface area is 102 Å². The summed E-state index contributed by atoms with van der Waals surface area (Å²) < 4.78 is 0. The molecule has 1 aromatic heterocycles. The lowest BCUT2D eigenvalue weighted by molar-refractivity contribution is 0.0779. The number of imidazole rings is 1. The topological polar surface area (TPSA) is 52.2 Å². The molecule has 2 heterocycles. The van der Waals surface area contributed by atoms with Gasteiger partial charge in [0.25, 0.3) is 5.91 Å². The van der Waals surface area contributed by atoms with Gasteiger partial charge in [-0.3, -0.25) is 4.79 Å². The minimum Gasteiger partial charge on any atom is -0.338 e. The fourth-order valence-electron chi connectivity index (χ4n) is 2.38. The summed E-state index contributed by atoms with van der Waals surface area (Å²) in [6, 6.07) is 0. The van der Waals surface area contributed by atoms with E-state index >= 15 is 0 Å². The van der Waals surface area contributed by atoms with Crippen LogP contribution in [0.2, 0.25) is 0 Å². The molecule has 0 spiro atoms. The molecule has 0 aromatic carbocycles. The molecule has 17 heavy (non-hydrogen) atoms. The Morgan fingerprint density at radius 2 is 2.41 bits per heavy atom. The van der Waals surface area contributed by atoms with Crippen molar-refractivity contribution in [2.24, 2.45) is 5.92 Å². The van der Waals surface area contributed by atoms with Crippen molar-refractivity contribution in [1.82, 2.24) is 19.8 Å². The third kappa shape index (κ3) is 2.85. The zero-order chi connectivity index (χ0) is 12.4. The van der Waals surface area contributed by atoms with Crippen LogP contribution in [0.5, 0.6) is 0 Å². The molecule has 1 aromatic rings. The predicted octanol–water partition coefficient (Wildman–Crippen LogP) is 0.742. The lowest BCUT2D eigenvalue weighted by atomic mass is 10.1. The Bertz CT molecular complexity index is 399. The maximum Gasteiger partial charge on any atom is 0.271 e. The molecule has 0 radical (unpaired) electrons. The van der Waals surface area contributed by atoms with E-state index in [1.54, 1.807) is 6.20 Å². The monoisotopic (exact) mass is 236 g/mol. The van der Waals surface area contributed by atoms with Gasteiger partial charge in [-0.1, -0.05) is 0 Å². The Balaban J connectivity index is 1.94. The van der Waals surface area contributed by atoms with Crippen LogP contribution < -0.4 is 0 Å². The quantitative estimate of drug-likeness (QED) is 0.842. The highest BCUT2D eigenvalue weighted by Crippen LogP contribution is 2.18. The van der Waals surface area contributed by atoms with Crippen LogP contribution in [-0.2, 0) is 0 Å². The van der Waals surface area contributed by atoms with Gasteiger partial charge in [-0.05, 0) is 33.4 Å². The zero-order valence-electron chi connectivity index (χ0n) is 10.7. The number of aromatic nitrogens is 2. The van der Waals surface area contributed by atoms with Gasteiger partial charge in [0.2, 0.25) is 0 Å². The van der Waals surface area contributed by atoms with E-state index in [9.17, 15) is 4.79 Å². The van der Waals surface area contributed by atoms with Crippen LogP contribution >= 0.6 is 0 Å². The molecule has 1 unspecified atom stereocenters. The van der Waals surface area contributed by atoms with E-state index in [1.807, 2.05) is 11.8 Å². The van der Waals surface area contributed by atoms with Crippen molar-refractivity contribution in [2.45, 2.75) is 13.3 Å². The molecule has 1 atom stereocenters. The summed E-state index contributed by atoms with van der Waals surface area (Å²) in [5.74, 6) is 1.46. The van der Waals surface area contributed by atoms with Gasteiger partial charge in [-0.25, -0.2) is 4.98 Å². The fourth-order valence-corrected chi connectivity index (χ4v) is 2.38. The van der Waals surface area contributed by atoms with E-state index < -0.39 is 0 Å². The molecule has 5 nitrogen and oxygen atoms in total. The first-order chi connectivity index (χ1) is 8.06. The summed E-state index contributed by atoms with van der Waals surface area (Å²) in [5.41, 5.74) is 0.605. The number of carbonyl (C=O) groups is 1. The van der Waals surface area contributed by atoms with Crippen LogP contribution in [0.15, 0.2) is 6.20 Å². The number of amides is 1. The summed E-state index contributed by atoms with van der Waals surface area (Å²) in [5, 5.41) is 0. The van der Waals surface area contributed by atoms with Crippen molar-refractivity contribution in [3.05, 3.63) is 17.7 Å². The lowest BCUT2D eigenvalue weighted by Crippen LogP contribution is -2.31. The number of aromatic amines is 1. The minimum atomic E-state index is 0.0758. The highest BCUT2D eigenvalue weighted by Gasteiger charge is 2.27. The van der Waals surface area contributed by atoms with Gasteiger partial charge >= 0.3 is 0 Å². The first-order valence-electron chi connectivity index (χ1n) is 6.02. The second-order valence-electron chi connectivity index (χ2n) is 5.05. The molecule has 2 rings (SSSR count). The maximum absolute atomic E-state index is 12.1. The number of aryl methyl sites for hydroxylation is 1. The molecule has 1 fully saturated rings. The van der Waals surface area contributed by atoms with Gasteiger partial charge in [-0.15, -0.1) is 0 Å². The zero-order valence-corrected chi connectivity index (χ0v) is 10.7. The summed E-state index contributed by atoms with van der Waals surface area (Å²) in [7, 11) is 4.14. The van der Waals surface area contributed by atoms with Crippen molar-refractivity contribution in [2.75, 3.05) is 33.7 Å². The largest absolute Gasteiger partial charge is 0.338 e. The number of hydrogen-bond acceptors (Lipinski definition) is 3. The Morgan fingerprint density at radius 1 is 1.65 bits per heavy atom. The number of nitrogens with one attached hydrogen (secondary N) is 1. The Hall–Kier alpha value is -1.36. The highest BCUT2D eigenvalue weighted by atomic mass is 16.2. The molecular formula is C12H20N4O. The van der Waals surface area contributed by atoms with Crippen LogP contribution in [0.25, 0.3) is 0 Å². The van der Waals surface area contributed by atoms with Crippen LogP contribution in [0.1, 0.15) is 22.7 Å². The molecule has 0 saturated carbocycles. The average Bonchev–Trinajstić information content (AvgIpc) is 2.85. The van der Waals surface area contributed by atoms with Crippen molar-refractivity contribution < 1.29 is 4.79 Å². The van der Waals surface area contributed by atoms with Gasteiger partial charge in [-0.2, -0.15) is 0 Å². The van der Waals surface area contributed by atoms with E-state index in [1.165, 1.54) is 0 Å². The van der Waals surface area contributed by atoms with Gasteiger partial charge in [0.1, 0.15) is 11.5 Å². The van der Waals surface area contributed by atoms with Crippen LogP contribution in [0.4, 0.5) is 0 Å². The van der Waals surface area contributed by atoms with Gasteiger partial charge in [0.15, 0.2) is 0 Å². The molecular weight excluding hydrogens is 216 g/mol. The van der Waals surface area contributed by atoms with E-state index in [0.29, 0.717) is 11.6 Å². The SMILES string of the molecule is Cc1ncc(C(=O)N2CCC(CN(C)C)C2)[nH]1. The summed E-state index contributed by atoms with van der Waals surface area (Å²) in [6.45, 7) is 4.62. The minimum absolute atomic E-state index is 0.0758. The van der Waals surface area contributed by atoms with E-state index in [-0.39, 0.29) is 5.91 Å². The van der Waals surface area contributed by atoms with Gasteiger partial charge in [0.05, 0.1) is 6.20 Å². The van der Waals surface area contributed by atoms with E-state index in [0.717, 1.165) is 31.9 Å². The number of rotatable bonds is 3. The normalized spacial score (nSPS) is 20.2. The molecule has 0 bridgehead atoms. The van der Waals surface area contributed by atoms with Crippen LogP contribution in [-0.4, -0.2) is 59.4 Å². The molecule has 1 N–H and O–H groups in total. The molecule has 1 aliphatic rings. The molecule has 94 valence electrons. The van der Waals surface area contributed by atoms with E-state index in [4.69, 9.17) is 0 Å². The Kier molecular flexibility index (Phi) is 3.47. The fraction of sp³-hybridized carbons (Fsp3) is 0.667. The van der Waals surface area contributed by atoms with E-state index in [2.05, 4.69) is 29.0 Å². The number of hydrogen-bond donors (Lipinski definition) is 1. The lowest BCUT2D eigenvalue weighted by Gasteiger charge is -2.17. The molecule has 1 amide bonds. The standard InChI is InChI=1S/C12H20N4O/c1-9-13-6-11(14-9)12(17)16-5-4-10(8-16)7-15(2)3/h6,10H,4-5,7-8H2,1-3H3,(H,13,14). The smallest absolute Gasteiger partial charge is 0.271 e. The molecule has 0 aliphatic carbocycles. The molecule has 1 saturated heterocycles. The number of carbonyl (C=O) groups excluding carboxylic acids is 1. The highest BCUT2D eigenvalue weighted by molar-refractivity contribution is 5.92. The van der Waals surface area contributed by atoms with Crippen LogP contribution in [0, 0.1) is 12.8 Å². The first-order valence-corrected chi connectivity index (χ1v) is 6.02. The third-order valence-corrected chi connectivity index (χ3v) is 3.13. The van der Waals surface area contributed by atoms with Crippen molar-refractivity contribution in [3.63, 3.8) is 0 Å². The molecule has 1 aliphatic heterocycles. The van der Waals surface area contributed by atoms with Gasteiger partial charge in [0, 0.05) is 19.6 Å². The van der Waals surface area contributed by atoms with Crippen molar-refractivity contribution >= 4 is 5.91 Å². The number of likely N-dealkylation sites (tertiary alicyclic amines) is 1.